The first kappa shape index (κ1) is 26.7. The van der Waals surface area contributed by atoms with E-state index in [4.69, 9.17) is 0 Å². The van der Waals surface area contributed by atoms with E-state index in [0.717, 1.165) is 6.04 Å². The van der Waals surface area contributed by atoms with Crippen molar-refractivity contribution in [3.63, 3.8) is 0 Å². The van der Waals surface area contributed by atoms with Gasteiger partial charge in [0.1, 0.15) is 0 Å². The first-order valence-electron chi connectivity index (χ1n) is 12.7. The zero-order valence-electron chi connectivity index (χ0n) is 19.4. The summed E-state index contributed by atoms with van der Waals surface area (Å²) in [5.74, 6) is 0. The van der Waals surface area contributed by atoms with Crippen molar-refractivity contribution in [1.82, 2.24) is 5.32 Å². The molecule has 1 unspecified atom stereocenters. The normalized spacial score (nSPS) is 12.9. The summed E-state index contributed by atoms with van der Waals surface area (Å²) in [5.41, 5.74) is 0. The van der Waals surface area contributed by atoms with Crippen molar-refractivity contribution < 1.29 is 0 Å². The fourth-order valence-corrected chi connectivity index (χ4v) is 3.89. The fourth-order valence-electron chi connectivity index (χ4n) is 3.89. The second-order valence-corrected chi connectivity index (χ2v) is 8.56. The smallest absolute Gasteiger partial charge is 0.00640 e. The van der Waals surface area contributed by atoms with Gasteiger partial charge in [0, 0.05) is 6.04 Å². The summed E-state index contributed by atoms with van der Waals surface area (Å²) < 4.78 is 0. The van der Waals surface area contributed by atoms with Crippen LogP contribution < -0.4 is 5.32 Å². The molecule has 1 N–H and O–H groups in total. The molecule has 0 aliphatic heterocycles. The Kier molecular flexibility index (Phi) is 23.5. The van der Waals surface area contributed by atoms with Crippen molar-refractivity contribution in [3.05, 3.63) is 12.2 Å². The van der Waals surface area contributed by atoms with Crippen molar-refractivity contribution in [1.29, 1.82) is 0 Å². The number of hydrogen-bond acceptors (Lipinski definition) is 1. The Labute approximate surface area is 173 Å². The van der Waals surface area contributed by atoms with Gasteiger partial charge in [-0.25, -0.2) is 0 Å². The van der Waals surface area contributed by atoms with E-state index in [0.29, 0.717) is 0 Å². The maximum atomic E-state index is 3.53. The number of hydrogen-bond donors (Lipinski definition) is 1. The molecule has 0 heterocycles. The highest BCUT2D eigenvalue weighted by Crippen LogP contribution is 2.14. The summed E-state index contributed by atoms with van der Waals surface area (Å²) in [4.78, 5) is 0. The van der Waals surface area contributed by atoms with Crippen LogP contribution in [0.3, 0.4) is 0 Å². The van der Waals surface area contributed by atoms with Crippen LogP contribution in [-0.4, -0.2) is 13.1 Å². The van der Waals surface area contributed by atoms with Gasteiger partial charge < -0.3 is 5.32 Å². The van der Waals surface area contributed by atoms with E-state index < -0.39 is 0 Å². The van der Waals surface area contributed by atoms with Gasteiger partial charge in [-0.2, -0.15) is 0 Å². The molecule has 0 saturated carbocycles. The average molecular weight is 380 g/mol. The van der Waals surface area contributed by atoms with Gasteiger partial charge in [-0.05, 0) is 45.6 Å². The van der Waals surface area contributed by atoms with Gasteiger partial charge in [0.15, 0.2) is 0 Å². The molecule has 0 aliphatic rings. The maximum Gasteiger partial charge on any atom is 0.00640 e. The molecule has 0 aliphatic carbocycles. The Morgan fingerprint density at radius 3 is 1.30 bits per heavy atom. The number of allylic oxidation sites excluding steroid dienone is 2. The molecule has 0 saturated heterocycles. The second-order valence-electron chi connectivity index (χ2n) is 8.56. The number of unbranched alkanes of at least 4 members (excludes halogenated alkanes) is 15. The number of nitrogens with one attached hydrogen (secondary N) is 1. The van der Waals surface area contributed by atoms with E-state index in [9.17, 15) is 0 Å². The summed E-state index contributed by atoms with van der Waals surface area (Å²) in [6.07, 6.45) is 32.8. The minimum Gasteiger partial charge on any atom is -0.317 e. The van der Waals surface area contributed by atoms with E-state index in [2.05, 4.69) is 38.4 Å². The average Bonchev–Trinajstić information content (AvgIpc) is 2.69. The van der Waals surface area contributed by atoms with Crippen molar-refractivity contribution in [2.75, 3.05) is 7.05 Å². The van der Waals surface area contributed by atoms with E-state index in [-0.39, 0.29) is 0 Å². The molecule has 0 aromatic rings. The molecule has 0 rings (SSSR count). The Morgan fingerprint density at radius 1 is 0.519 bits per heavy atom. The lowest BCUT2D eigenvalue weighted by Crippen LogP contribution is -2.24. The monoisotopic (exact) mass is 379 g/mol. The van der Waals surface area contributed by atoms with Crippen LogP contribution in [0.5, 0.6) is 0 Å². The zero-order valence-corrected chi connectivity index (χ0v) is 19.4. The molecule has 0 radical (unpaired) electrons. The molecular weight excluding hydrogens is 326 g/mol. The third kappa shape index (κ3) is 21.9. The third-order valence-corrected chi connectivity index (χ3v) is 5.88. The fraction of sp³-hybridized carbons (Fsp3) is 0.923. The highest BCUT2D eigenvalue weighted by atomic mass is 14.9. The summed E-state index contributed by atoms with van der Waals surface area (Å²) in [6.45, 7) is 4.58. The van der Waals surface area contributed by atoms with Crippen LogP contribution in [0.4, 0.5) is 0 Å². The van der Waals surface area contributed by atoms with Crippen LogP contribution in [0.2, 0.25) is 0 Å². The van der Waals surface area contributed by atoms with Crippen LogP contribution in [0.25, 0.3) is 0 Å². The molecule has 162 valence electrons. The van der Waals surface area contributed by atoms with Crippen molar-refractivity contribution in [2.45, 2.75) is 148 Å². The second kappa shape index (κ2) is 23.7. The number of rotatable bonds is 22. The van der Waals surface area contributed by atoms with Crippen LogP contribution in [-0.2, 0) is 0 Å². The zero-order chi connectivity index (χ0) is 19.8. The molecule has 0 fully saturated rings. The van der Waals surface area contributed by atoms with Gasteiger partial charge in [0.05, 0.1) is 0 Å². The van der Waals surface area contributed by atoms with Gasteiger partial charge in [-0.15, -0.1) is 0 Å². The Balaban J connectivity index is 3.29. The topological polar surface area (TPSA) is 12.0 Å². The molecule has 0 spiro atoms. The van der Waals surface area contributed by atoms with Crippen molar-refractivity contribution in [2.24, 2.45) is 0 Å². The molecule has 0 amide bonds. The van der Waals surface area contributed by atoms with Crippen LogP contribution in [0.15, 0.2) is 12.2 Å². The van der Waals surface area contributed by atoms with Gasteiger partial charge in [-0.1, -0.05) is 116 Å². The predicted molar refractivity (Wildman–Crippen MR) is 126 cm³/mol. The van der Waals surface area contributed by atoms with E-state index in [1.54, 1.807) is 0 Å². The van der Waals surface area contributed by atoms with Crippen molar-refractivity contribution in [3.8, 4) is 0 Å². The summed E-state index contributed by atoms with van der Waals surface area (Å²) in [5, 5.41) is 3.53. The van der Waals surface area contributed by atoms with Crippen molar-refractivity contribution >= 4 is 0 Å². The van der Waals surface area contributed by atoms with Gasteiger partial charge in [-0.3, -0.25) is 0 Å². The minimum absolute atomic E-state index is 0.761. The quantitative estimate of drug-likeness (QED) is 0.146. The third-order valence-electron chi connectivity index (χ3n) is 5.88. The molecule has 0 aromatic heterocycles. The predicted octanol–water partition coefficient (Wildman–Crippen LogP) is 8.97. The first-order chi connectivity index (χ1) is 13.3. The van der Waals surface area contributed by atoms with E-state index in [1.165, 1.54) is 128 Å². The largest absolute Gasteiger partial charge is 0.317 e. The molecule has 1 heteroatoms. The highest BCUT2D eigenvalue weighted by Gasteiger charge is 2.05. The minimum atomic E-state index is 0.761. The standard InChI is InChI=1S/C26H53N/c1-4-6-8-10-11-12-13-14-15-16-17-18-19-21-23-25-26(27-3)24-22-20-9-7-5-2/h14-15,26-27H,4-13,16-25H2,1-3H3/b15-14-. The molecule has 1 atom stereocenters. The lowest BCUT2D eigenvalue weighted by molar-refractivity contribution is 0.437. The lowest BCUT2D eigenvalue weighted by Gasteiger charge is -2.15. The summed E-state index contributed by atoms with van der Waals surface area (Å²) in [7, 11) is 2.15. The van der Waals surface area contributed by atoms with Gasteiger partial charge in [0.2, 0.25) is 0 Å². The molecule has 1 nitrogen and oxygen atoms in total. The van der Waals surface area contributed by atoms with Crippen LogP contribution in [0, 0.1) is 0 Å². The summed E-state index contributed by atoms with van der Waals surface area (Å²) >= 11 is 0. The van der Waals surface area contributed by atoms with Crippen LogP contribution >= 0.6 is 0 Å². The van der Waals surface area contributed by atoms with Gasteiger partial charge in [0.25, 0.3) is 0 Å². The van der Waals surface area contributed by atoms with E-state index >= 15 is 0 Å². The van der Waals surface area contributed by atoms with Gasteiger partial charge >= 0.3 is 0 Å². The molecular formula is C26H53N. The molecule has 27 heavy (non-hydrogen) atoms. The van der Waals surface area contributed by atoms with E-state index in [1.807, 2.05) is 0 Å². The summed E-state index contributed by atoms with van der Waals surface area (Å²) in [6, 6.07) is 0.761. The Hall–Kier alpha value is -0.300. The molecule has 0 aromatic carbocycles. The highest BCUT2D eigenvalue weighted by molar-refractivity contribution is 4.81. The maximum absolute atomic E-state index is 3.53. The SMILES string of the molecule is CCCCCCCC/C=C\CCCCCCCC(CCCCCCC)NC. The Bertz CT molecular complexity index is 284. The van der Waals surface area contributed by atoms with Crippen LogP contribution in [0.1, 0.15) is 142 Å². The molecule has 0 bridgehead atoms. The Morgan fingerprint density at radius 2 is 0.889 bits per heavy atom. The lowest BCUT2D eigenvalue weighted by atomic mass is 10.0. The first-order valence-corrected chi connectivity index (χ1v) is 12.7.